The molecule has 0 aliphatic rings. The number of carboxylic acid groups (broad SMARTS) is 1. The van der Waals surface area contributed by atoms with Crippen LogP contribution in [0, 0.1) is 17.5 Å². The molecule has 0 aliphatic carbocycles. The smallest absolute Gasteiger partial charge is 0.360 e. The van der Waals surface area contributed by atoms with Crippen molar-refractivity contribution in [1.82, 2.24) is 9.78 Å². The monoisotopic (exact) mass is 320 g/mol. The largest absolute Gasteiger partial charge is 0.476 e. The van der Waals surface area contributed by atoms with Crippen LogP contribution in [0.1, 0.15) is 10.5 Å². The fourth-order valence-electron chi connectivity index (χ4n) is 2.19. The van der Waals surface area contributed by atoms with Crippen molar-refractivity contribution in [2.75, 3.05) is 0 Å². The fourth-order valence-corrected chi connectivity index (χ4v) is 2.19. The van der Waals surface area contributed by atoms with E-state index in [9.17, 15) is 22.8 Å². The predicted octanol–water partition coefficient (Wildman–Crippen LogP) is 2.50. The van der Waals surface area contributed by atoms with Crippen LogP contribution in [0.4, 0.5) is 13.2 Å². The van der Waals surface area contributed by atoms with Crippen LogP contribution in [-0.4, -0.2) is 20.9 Å². The minimum Gasteiger partial charge on any atom is -0.476 e. The molecule has 0 bridgehead atoms. The number of aromatic carboxylic acids is 1. The molecular formula is C15H7F3N2O3. The molecule has 0 spiro atoms. The van der Waals surface area contributed by atoms with Crippen molar-refractivity contribution in [3.63, 3.8) is 0 Å². The Balaban J connectivity index is 2.47. The lowest BCUT2D eigenvalue weighted by Crippen LogP contribution is -2.23. The molecule has 0 fully saturated rings. The van der Waals surface area contributed by atoms with Crippen LogP contribution in [0.5, 0.6) is 0 Å². The van der Waals surface area contributed by atoms with Crippen molar-refractivity contribution in [1.29, 1.82) is 0 Å². The number of fused-ring (bicyclic) bond motifs is 1. The Morgan fingerprint density at radius 2 is 1.78 bits per heavy atom. The summed E-state index contributed by atoms with van der Waals surface area (Å²) in [4.78, 5) is 23.2. The Bertz CT molecular complexity index is 1010. The van der Waals surface area contributed by atoms with Crippen LogP contribution in [-0.2, 0) is 0 Å². The second kappa shape index (κ2) is 5.24. The van der Waals surface area contributed by atoms with Gasteiger partial charge in [-0.1, -0.05) is 6.07 Å². The second-order valence-corrected chi connectivity index (χ2v) is 4.63. The summed E-state index contributed by atoms with van der Waals surface area (Å²) in [5, 5.41) is 12.2. The van der Waals surface area contributed by atoms with Crippen LogP contribution >= 0.6 is 0 Å². The minimum absolute atomic E-state index is 0.0537. The first kappa shape index (κ1) is 14.8. The zero-order valence-electron chi connectivity index (χ0n) is 11.3. The normalized spacial score (nSPS) is 10.9. The molecule has 0 saturated carbocycles. The lowest BCUT2D eigenvalue weighted by molar-refractivity contribution is 0.0687. The number of nitrogens with zero attached hydrogens (tertiary/aromatic N) is 2. The summed E-state index contributed by atoms with van der Waals surface area (Å²) < 4.78 is 41.3. The van der Waals surface area contributed by atoms with Gasteiger partial charge in [-0.05, 0) is 24.3 Å². The summed E-state index contributed by atoms with van der Waals surface area (Å²) >= 11 is 0. The number of carbonyl (C=O) groups is 1. The Labute approximate surface area is 126 Å². The number of rotatable bonds is 2. The molecule has 0 amide bonds. The number of benzene rings is 2. The minimum atomic E-state index is -1.66. The van der Waals surface area contributed by atoms with E-state index in [4.69, 9.17) is 5.11 Å². The quantitative estimate of drug-likeness (QED) is 0.787. The first-order chi connectivity index (χ1) is 10.9. The van der Waals surface area contributed by atoms with Gasteiger partial charge in [0.25, 0.3) is 0 Å². The Morgan fingerprint density at radius 1 is 1.04 bits per heavy atom. The first-order valence-electron chi connectivity index (χ1n) is 6.30. The molecule has 1 heterocycles. The van der Waals surface area contributed by atoms with Crippen LogP contribution in [0.25, 0.3) is 16.6 Å². The first-order valence-corrected chi connectivity index (χ1v) is 6.30. The molecule has 5 nitrogen and oxygen atoms in total. The molecule has 1 N–H and O–H groups in total. The molecular weight excluding hydrogens is 313 g/mol. The molecule has 23 heavy (non-hydrogen) atoms. The molecule has 0 unspecified atom stereocenters. The van der Waals surface area contributed by atoms with Gasteiger partial charge in [0, 0.05) is 6.07 Å². The molecule has 0 atom stereocenters. The predicted molar refractivity (Wildman–Crippen MR) is 74.2 cm³/mol. The molecule has 3 aromatic rings. The summed E-state index contributed by atoms with van der Waals surface area (Å²) in [5.41, 5.74) is -2.13. The summed E-state index contributed by atoms with van der Waals surface area (Å²) in [6.07, 6.45) is 0. The van der Waals surface area contributed by atoms with Crippen molar-refractivity contribution >= 4 is 16.9 Å². The topological polar surface area (TPSA) is 72.2 Å². The fraction of sp³-hybridized carbons (Fsp3) is 0. The van der Waals surface area contributed by atoms with Crippen LogP contribution < -0.4 is 5.43 Å². The molecule has 2 aromatic carbocycles. The van der Waals surface area contributed by atoms with E-state index in [0.717, 1.165) is 28.9 Å². The molecule has 0 aliphatic heterocycles. The van der Waals surface area contributed by atoms with Gasteiger partial charge >= 0.3 is 5.97 Å². The van der Waals surface area contributed by atoms with Crippen molar-refractivity contribution in [3.8, 4) is 5.69 Å². The van der Waals surface area contributed by atoms with E-state index in [1.54, 1.807) is 0 Å². The molecule has 3 rings (SSSR count). The van der Waals surface area contributed by atoms with E-state index in [1.807, 2.05) is 0 Å². The number of hydrogen-bond acceptors (Lipinski definition) is 3. The van der Waals surface area contributed by atoms with Gasteiger partial charge in [0.1, 0.15) is 5.82 Å². The second-order valence-electron chi connectivity index (χ2n) is 4.63. The summed E-state index contributed by atoms with van der Waals surface area (Å²) in [7, 11) is 0. The van der Waals surface area contributed by atoms with E-state index in [1.165, 1.54) is 12.1 Å². The highest BCUT2D eigenvalue weighted by molar-refractivity contribution is 5.91. The standard InChI is InChI=1S/C15H7F3N2O3/c16-8-5-4-7(6-10(8)18)20-11-3-1-2-9(17)12(11)14(21)13(19-20)15(22)23/h1-6H,(H,22,23). The number of aromatic nitrogens is 2. The summed E-state index contributed by atoms with van der Waals surface area (Å²) in [6, 6.07) is 6.31. The van der Waals surface area contributed by atoms with Crippen LogP contribution in [0.15, 0.2) is 41.2 Å². The lowest BCUT2D eigenvalue weighted by atomic mass is 10.1. The van der Waals surface area contributed by atoms with E-state index in [-0.39, 0.29) is 11.2 Å². The van der Waals surface area contributed by atoms with Crippen molar-refractivity contribution in [2.45, 2.75) is 0 Å². The lowest BCUT2D eigenvalue weighted by Gasteiger charge is -2.11. The zero-order chi connectivity index (χ0) is 16.7. The Morgan fingerprint density at radius 3 is 2.43 bits per heavy atom. The average Bonchev–Trinajstić information content (AvgIpc) is 2.50. The van der Waals surface area contributed by atoms with Crippen LogP contribution in [0.2, 0.25) is 0 Å². The van der Waals surface area contributed by atoms with Crippen molar-refractivity contribution < 1.29 is 23.1 Å². The highest BCUT2D eigenvalue weighted by Crippen LogP contribution is 2.19. The van der Waals surface area contributed by atoms with E-state index < -0.39 is 39.9 Å². The third kappa shape index (κ3) is 2.33. The van der Waals surface area contributed by atoms with Gasteiger partial charge in [-0.2, -0.15) is 5.10 Å². The molecule has 116 valence electrons. The van der Waals surface area contributed by atoms with E-state index in [0.29, 0.717) is 0 Å². The highest BCUT2D eigenvalue weighted by Gasteiger charge is 2.20. The van der Waals surface area contributed by atoms with Gasteiger partial charge in [0.2, 0.25) is 11.1 Å². The van der Waals surface area contributed by atoms with Gasteiger partial charge in [-0.3, -0.25) is 4.79 Å². The zero-order valence-corrected chi connectivity index (χ0v) is 11.3. The average molecular weight is 320 g/mol. The van der Waals surface area contributed by atoms with Gasteiger partial charge in [-0.15, -0.1) is 0 Å². The third-order valence-corrected chi connectivity index (χ3v) is 3.21. The van der Waals surface area contributed by atoms with Gasteiger partial charge < -0.3 is 5.11 Å². The third-order valence-electron chi connectivity index (χ3n) is 3.21. The molecule has 0 saturated heterocycles. The summed E-state index contributed by atoms with van der Waals surface area (Å²) in [5.74, 6) is -4.89. The van der Waals surface area contributed by atoms with Crippen LogP contribution in [0.3, 0.4) is 0 Å². The molecule has 8 heteroatoms. The van der Waals surface area contributed by atoms with Crippen molar-refractivity contribution in [2.24, 2.45) is 0 Å². The maximum atomic E-state index is 14.0. The Kier molecular flexibility index (Phi) is 3.36. The Hall–Kier alpha value is -3.16. The van der Waals surface area contributed by atoms with Gasteiger partial charge in [-0.25, -0.2) is 22.6 Å². The number of carboxylic acids is 1. The number of halogens is 3. The molecule has 0 radical (unpaired) electrons. The SMILES string of the molecule is O=C(O)c1nn(-c2ccc(F)c(F)c2)c2cccc(F)c2c1=O. The number of hydrogen-bond donors (Lipinski definition) is 1. The maximum Gasteiger partial charge on any atom is 0.360 e. The van der Waals surface area contributed by atoms with E-state index in [2.05, 4.69) is 5.10 Å². The summed E-state index contributed by atoms with van der Waals surface area (Å²) in [6.45, 7) is 0. The van der Waals surface area contributed by atoms with Gasteiger partial charge in [0.15, 0.2) is 11.6 Å². The highest BCUT2D eigenvalue weighted by atomic mass is 19.2. The molecule has 1 aromatic heterocycles. The van der Waals surface area contributed by atoms with E-state index >= 15 is 0 Å². The van der Waals surface area contributed by atoms with Gasteiger partial charge in [0.05, 0.1) is 16.6 Å². The maximum absolute atomic E-state index is 14.0. The van der Waals surface area contributed by atoms with Crippen molar-refractivity contribution in [3.05, 3.63) is 69.8 Å².